The van der Waals surface area contributed by atoms with Gasteiger partial charge in [-0.2, -0.15) is 23.7 Å². The molecule has 60 heavy (non-hydrogen) atoms. The van der Waals surface area contributed by atoms with Crippen molar-refractivity contribution in [3.63, 3.8) is 0 Å². The zero-order valence-corrected chi connectivity index (χ0v) is 32.5. The minimum atomic E-state index is -4.69. The van der Waals surface area contributed by atoms with E-state index in [-0.39, 0.29) is 11.1 Å². The lowest BCUT2D eigenvalue weighted by molar-refractivity contribution is -0.137. The van der Waals surface area contributed by atoms with E-state index >= 15 is 0 Å². The van der Waals surface area contributed by atoms with Crippen LogP contribution >= 0.6 is 0 Å². The van der Waals surface area contributed by atoms with Gasteiger partial charge in [-0.05, 0) is 125 Å². The molecule has 0 aliphatic carbocycles. The summed E-state index contributed by atoms with van der Waals surface area (Å²) in [5.41, 5.74) is 10.8. The molecule has 0 amide bonds. The number of hydrogen-bond acceptors (Lipinski definition) is 2. The number of halogens is 3. The van der Waals surface area contributed by atoms with Crippen molar-refractivity contribution in [3.05, 3.63) is 192 Å². The van der Waals surface area contributed by atoms with Crippen LogP contribution in [0.5, 0.6) is 0 Å². The van der Waals surface area contributed by atoms with Crippen molar-refractivity contribution in [2.24, 2.45) is 0 Å². The fourth-order valence-corrected chi connectivity index (χ4v) is 8.86. The van der Waals surface area contributed by atoms with Crippen LogP contribution in [0.1, 0.15) is 27.8 Å². The number of fused-ring (bicyclic) bond motifs is 6. The summed E-state index contributed by atoms with van der Waals surface area (Å²) in [6, 6.07) is 56.4. The van der Waals surface area contributed by atoms with Crippen LogP contribution in [0.25, 0.3) is 88.4 Å². The largest absolute Gasteiger partial charge is 0.416 e. The van der Waals surface area contributed by atoms with Crippen LogP contribution in [0.2, 0.25) is 0 Å². The molecule has 0 fully saturated rings. The number of nitriles is 2. The maximum absolute atomic E-state index is 14.4. The maximum atomic E-state index is 14.4. The average Bonchev–Trinajstić information content (AvgIpc) is 3.77. The summed E-state index contributed by atoms with van der Waals surface area (Å²) in [5, 5.41) is 25.2. The molecule has 0 saturated heterocycles. The second kappa shape index (κ2) is 13.9. The lowest BCUT2D eigenvalue weighted by Gasteiger charge is -2.19. The molecule has 0 N–H and O–H groups in total. The molecule has 0 bridgehead atoms. The third-order valence-corrected chi connectivity index (χ3v) is 11.7. The molecule has 0 saturated carbocycles. The second-order valence-corrected chi connectivity index (χ2v) is 15.2. The van der Waals surface area contributed by atoms with E-state index in [1.807, 2.05) is 75.9 Å². The van der Waals surface area contributed by atoms with Crippen LogP contribution in [0, 0.1) is 36.5 Å². The molecular formula is C53H33F3N4. The van der Waals surface area contributed by atoms with Crippen LogP contribution in [-0.2, 0) is 6.18 Å². The van der Waals surface area contributed by atoms with Gasteiger partial charge in [-0.15, -0.1) is 0 Å². The van der Waals surface area contributed by atoms with Crippen molar-refractivity contribution >= 4 is 43.6 Å². The molecule has 10 aromatic rings. The maximum Gasteiger partial charge on any atom is 0.416 e. The Morgan fingerprint density at radius 2 is 0.883 bits per heavy atom. The van der Waals surface area contributed by atoms with Crippen LogP contribution in [0.15, 0.2) is 164 Å². The van der Waals surface area contributed by atoms with E-state index in [4.69, 9.17) is 0 Å². The van der Waals surface area contributed by atoms with Gasteiger partial charge >= 0.3 is 6.18 Å². The molecule has 286 valence electrons. The number of rotatable bonds is 5. The van der Waals surface area contributed by atoms with Gasteiger partial charge in [-0.3, -0.25) is 0 Å². The van der Waals surface area contributed by atoms with Crippen molar-refractivity contribution in [1.82, 2.24) is 9.13 Å². The Hall–Kier alpha value is -7.87. The van der Waals surface area contributed by atoms with E-state index in [9.17, 15) is 23.7 Å². The summed E-state index contributed by atoms with van der Waals surface area (Å²) in [4.78, 5) is 0. The number of aromatic nitrogens is 2. The first kappa shape index (κ1) is 36.5. The average molecular weight is 783 g/mol. The summed E-state index contributed by atoms with van der Waals surface area (Å²) in [7, 11) is 0. The van der Waals surface area contributed by atoms with E-state index < -0.39 is 11.7 Å². The van der Waals surface area contributed by atoms with Crippen LogP contribution < -0.4 is 0 Å². The number of aryl methyl sites for hydroxylation is 2. The van der Waals surface area contributed by atoms with Gasteiger partial charge in [0.15, 0.2) is 0 Å². The molecule has 0 aliphatic rings. The Bertz CT molecular complexity index is 3300. The smallest absolute Gasteiger partial charge is 0.308 e. The zero-order chi connectivity index (χ0) is 41.3. The topological polar surface area (TPSA) is 57.4 Å². The molecule has 0 atom stereocenters. The molecule has 0 unspecified atom stereocenters. The molecule has 10 rings (SSSR count). The highest BCUT2D eigenvalue weighted by atomic mass is 19.4. The highest BCUT2D eigenvalue weighted by molar-refractivity contribution is 6.12. The highest BCUT2D eigenvalue weighted by Gasteiger charge is 2.32. The van der Waals surface area contributed by atoms with E-state index in [1.165, 1.54) is 6.07 Å². The normalized spacial score (nSPS) is 11.7. The van der Waals surface area contributed by atoms with Gasteiger partial charge in [-0.25, -0.2) is 0 Å². The minimum Gasteiger partial charge on any atom is -0.308 e. The minimum absolute atomic E-state index is 0.117. The van der Waals surface area contributed by atoms with Gasteiger partial charge in [0, 0.05) is 21.5 Å². The first-order chi connectivity index (χ1) is 29.1. The molecule has 8 aromatic carbocycles. The van der Waals surface area contributed by atoms with Crippen LogP contribution in [-0.4, -0.2) is 9.13 Å². The van der Waals surface area contributed by atoms with Gasteiger partial charge in [0.05, 0.1) is 50.6 Å². The Morgan fingerprint density at radius 1 is 0.433 bits per heavy atom. The first-order valence-corrected chi connectivity index (χ1v) is 19.5. The van der Waals surface area contributed by atoms with E-state index in [0.29, 0.717) is 22.5 Å². The molecule has 0 radical (unpaired) electrons. The number of hydrogen-bond donors (Lipinski definition) is 0. The Balaban J connectivity index is 1.32. The predicted molar refractivity (Wildman–Crippen MR) is 235 cm³/mol. The number of para-hydroxylation sites is 2. The number of nitrogens with zero attached hydrogens (tertiary/aromatic N) is 4. The second-order valence-electron chi connectivity index (χ2n) is 15.2. The zero-order valence-electron chi connectivity index (χ0n) is 32.5. The lowest BCUT2D eigenvalue weighted by atomic mass is 9.96. The summed E-state index contributed by atoms with van der Waals surface area (Å²) in [5.74, 6) is 0. The van der Waals surface area contributed by atoms with Gasteiger partial charge < -0.3 is 9.13 Å². The van der Waals surface area contributed by atoms with Crippen molar-refractivity contribution in [2.45, 2.75) is 20.0 Å². The quantitative estimate of drug-likeness (QED) is 0.175. The predicted octanol–water partition coefficient (Wildman–Crippen LogP) is 14.3. The third kappa shape index (κ3) is 5.82. The van der Waals surface area contributed by atoms with E-state index in [2.05, 4.69) is 92.7 Å². The Morgan fingerprint density at radius 3 is 1.35 bits per heavy atom. The Labute approximate surface area is 343 Å². The van der Waals surface area contributed by atoms with Gasteiger partial charge in [0.1, 0.15) is 11.6 Å². The van der Waals surface area contributed by atoms with Gasteiger partial charge in [0.2, 0.25) is 0 Å². The Kier molecular flexibility index (Phi) is 8.45. The van der Waals surface area contributed by atoms with Crippen molar-refractivity contribution in [2.75, 3.05) is 0 Å². The molecule has 4 nitrogen and oxygen atoms in total. The molecule has 0 aliphatic heterocycles. The molecule has 2 aromatic heterocycles. The van der Waals surface area contributed by atoms with Crippen LogP contribution in [0.4, 0.5) is 13.2 Å². The summed E-state index contributed by atoms with van der Waals surface area (Å²) < 4.78 is 47.3. The molecule has 7 heteroatoms. The number of alkyl halides is 3. The number of benzene rings is 8. The van der Waals surface area contributed by atoms with E-state index in [1.54, 1.807) is 12.1 Å². The highest BCUT2D eigenvalue weighted by Crippen LogP contribution is 2.43. The summed E-state index contributed by atoms with van der Waals surface area (Å²) >= 11 is 0. The lowest BCUT2D eigenvalue weighted by Crippen LogP contribution is -2.07. The summed E-state index contributed by atoms with van der Waals surface area (Å²) in [6.45, 7) is 4.16. The molecule has 2 heterocycles. The summed E-state index contributed by atoms with van der Waals surface area (Å²) in [6.07, 6.45) is -4.69. The van der Waals surface area contributed by atoms with Crippen LogP contribution in [0.3, 0.4) is 0 Å². The van der Waals surface area contributed by atoms with E-state index in [0.717, 1.165) is 89.1 Å². The van der Waals surface area contributed by atoms with Crippen molar-refractivity contribution < 1.29 is 13.2 Å². The third-order valence-electron chi connectivity index (χ3n) is 11.7. The van der Waals surface area contributed by atoms with Crippen molar-refractivity contribution in [3.8, 4) is 56.9 Å². The fourth-order valence-electron chi connectivity index (χ4n) is 8.86. The molecule has 0 spiro atoms. The van der Waals surface area contributed by atoms with Gasteiger partial charge in [-0.1, -0.05) is 97.1 Å². The monoisotopic (exact) mass is 782 g/mol. The molecular weight excluding hydrogens is 750 g/mol. The first-order valence-electron chi connectivity index (χ1n) is 19.5. The standard InChI is InChI=1S/C53H33F3N4/c1-32-11-3-5-13-40(32)35-19-21-49-44(26-35)42-15-7-9-17-47(42)59(49)51-28-38(37-23-34(30-57)24-39(25-37)53(54,55)56)29-52(46(51)31-58)60-48-18-10-8-16-43(48)45-27-36(20-22-50(45)60)41-14-6-4-12-33(41)2/h3-29H,1-2H3. The van der Waals surface area contributed by atoms with Crippen molar-refractivity contribution in [1.29, 1.82) is 10.5 Å². The van der Waals surface area contributed by atoms with Gasteiger partial charge in [0.25, 0.3) is 0 Å². The SMILES string of the molecule is Cc1ccccc1-c1ccc2c(c1)c1ccccc1n2-c1cc(-c2cc(C#N)cc(C(F)(F)F)c2)cc(-n2c3ccccc3c3cc(-c4ccccc4C)ccc32)c1C#N. The fraction of sp³-hybridized carbons (Fsp3) is 0.0566.